The third-order valence-electron chi connectivity index (χ3n) is 5.69. The summed E-state index contributed by atoms with van der Waals surface area (Å²) in [6.07, 6.45) is 3.57. The summed E-state index contributed by atoms with van der Waals surface area (Å²) in [6, 6.07) is 8.50. The Labute approximate surface area is 176 Å². The van der Waals surface area contributed by atoms with Gasteiger partial charge in [-0.15, -0.1) is 0 Å². The van der Waals surface area contributed by atoms with Crippen LogP contribution in [0.5, 0.6) is 0 Å². The van der Waals surface area contributed by atoms with Gasteiger partial charge < -0.3 is 20.4 Å². The molecule has 2 fully saturated rings. The summed E-state index contributed by atoms with van der Waals surface area (Å²) in [5, 5.41) is 0. The molecule has 2 aromatic rings. The van der Waals surface area contributed by atoms with Crippen LogP contribution in [0.15, 0.2) is 47.7 Å². The van der Waals surface area contributed by atoms with E-state index in [0.717, 1.165) is 70.5 Å². The molecule has 30 heavy (non-hydrogen) atoms. The number of rotatable bonds is 5. The Morgan fingerprint density at radius 3 is 2.20 bits per heavy atom. The first-order chi connectivity index (χ1) is 14.7. The molecule has 2 N–H and O–H groups in total. The quantitative estimate of drug-likeness (QED) is 0.577. The minimum absolute atomic E-state index is 0.205. The molecule has 0 unspecified atom stereocenters. The number of hydrogen-bond donors (Lipinski definition) is 1. The Bertz CT molecular complexity index is 813. The average molecular weight is 413 g/mol. The van der Waals surface area contributed by atoms with E-state index in [4.69, 9.17) is 5.73 Å². The van der Waals surface area contributed by atoms with E-state index in [2.05, 4.69) is 34.6 Å². The number of benzene rings is 1. The van der Waals surface area contributed by atoms with E-state index < -0.39 is 0 Å². The lowest BCUT2D eigenvalue weighted by Gasteiger charge is -2.37. The summed E-state index contributed by atoms with van der Waals surface area (Å²) < 4.78 is 13.1. The molecule has 1 aromatic carbocycles. The first-order valence-electron chi connectivity index (χ1n) is 10.5. The molecule has 1 aromatic heterocycles. The summed E-state index contributed by atoms with van der Waals surface area (Å²) in [7, 11) is 0. The fourth-order valence-corrected chi connectivity index (χ4v) is 3.88. The van der Waals surface area contributed by atoms with Gasteiger partial charge in [-0.2, -0.15) is 0 Å². The van der Waals surface area contributed by atoms with E-state index in [9.17, 15) is 4.39 Å². The zero-order valence-electron chi connectivity index (χ0n) is 17.2. The Morgan fingerprint density at radius 1 is 0.900 bits per heavy atom. The smallest absolute Gasteiger partial charge is 0.225 e. The molecule has 9 heteroatoms. The normalized spacial score (nSPS) is 18.7. The van der Waals surface area contributed by atoms with E-state index in [1.807, 2.05) is 18.2 Å². The molecule has 3 heterocycles. The summed E-state index contributed by atoms with van der Waals surface area (Å²) >= 11 is 0. The second-order valence-corrected chi connectivity index (χ2v) is 7.57. The van der Waals surface area contributed by atoms with Gasteiger partial charge in [0.05, 0.1) is 6.54 Å². The van der Waals surface area contributed by atoms with Crippen LogP contribution in [0.1, 0.15) is 0 Å². The van der Waals surface area contributed by atoms with Gasteiger partial charge in [0.2, 0.25) is 5.95 Å². The van der Waals surface area contributed by atoms with Crippen molar-refractivity contribution in [3.63, 3.8) is 0 Å². The summed E-state index contributed by atoms with van der Waals surface area (Å²) in [5.74, 6) is 1.22. The van der Waals surface area contributed by atoms with Gasteiger partial charge in [-0.05, 0) is 30.3 Å². The van der Waals surface area contributed by atoms with Gasteiger partial charge >= 0.3 is 0 Å². The molecule has 160 valence electrons. The lowest BCUT2D eigenvalue weighted by molar-refractivity contribution is 0.263. The van der Waals surface area contributed by atoms with Crippen molar-refractivity contribution in [3.8, 4) is 0 Å². The van der Waals surface area contributed by atoms with Crippen molar-refractivity contribution in [2.75, 3.05) is 75.2 Å². The molecule has 0 amide bonds. The second-order valence-electron chi connectivity index (χ2n) is 7.57. The number of piperazine rings is 2. The maximum Gasteiger partial charge on any atom is 0.225 e. The Kier molecular flexibility index (Phi) is 6.58. The van der Waals surface area contributed by atoms with Crippen LogP contribution in [-0.2, 0) is 0 Å². The van der Waals surface area contributed by atoms with Crippen LogP contribution in [0.3, 0.4) is 0 Å². The fraction of sp³-hybridized carbons (Fsp3) is 0.476. The lowest BCUT2D eigenvalue weighted by atomic mass is 10.2. The van der Waals surface area contributed by atoms with Gasteiger partial charge in [0.15, 0.2) is 5.96 Å². The maximum atomic E-state index is 13.1. The molecule has 4 rings (SSSR count). The molecular formula is C21H29FN8. The zero-order chi connectivity index (χ0) is 20.8. The standard InChI is InChI=1S/C21H29FN8/c22-18-2-4-19(5-3-18)28-14-16-29(17-15-28)20(23)24-8-9-27-10-12-30(13-11-27)21-25-6-1-7-26-21/h1-7H,8-17H2,(H2,23,24). The van der Waals surface area contributed by atoms with Crippen LogP contribution < -0.4 is 15.5 Å². The molecular weight excluding hydrogens is 383 g/mol. The number of nitrogens with zero attached hydrogens (tertiary/aromatic N) is 7. The van der Waals surface area contributed by atoms with Gasteiger partial charge in [-0.1, -0.05) is 0 Å². The molecule has 2 saturated heterocycles. The van der Waals surface area contributed by atoms with E-state index in [1.165, 1.54) is 12.1 Å². The molecule has 2 aliphatic rings. The van der Waals surface area contributed by atoms with Crippen molar-refractivity contribution in [1.82, 2.24) is 19.8 Å². The van der Waals surface area contributed by atoms with Crippen molar-refractivity contribution in [3.05, 3.63) is 48.5 Å². The largest absolute Gasteiger partial charge is 0.370 e. The zero-order valence-corrected chi connectivity index (χ0v) is 17.2. The highest BCUT2D eigenvalue weighted by Crippen LogP contribution is 2.16. The number of aromatic nitrogens is 2. The third kappa shape index (κ3) is 5.15. The van der Waals surface area contributed by atoms with Crippen molar-refractivity contribution in [2.24, 2.45) is 10.7 Å². The maximum absolute atomic E-state index is 13.1. The second kappa shape index (κ2) is 9.71. The molecule has 0 spiro atoms. The predicted molar refractivity (Wildman–Crippen MR) is 117 cm³/mol. The highest BCUT2D eigenvalue weighted by Gasteiger charge is 2.20. The van der Waals surface area contributed by atoms with Gasteiger partial charge in [-0.25, -0.2) is 14.4 Å². The number of guanidine groups is 1. The molecule has 2 aliphatic heterocycles. The summed E-state index contributed by atoms with van der Waals surface area (Å²) in [4.78, 5) is 22.3. The number of nitrogens with two attached hydrogens (primary N) is 1. The average Bonchev–Trinajstić information content (AvgIpc) is 2.81. The van der Waals surface area contributed by atoms with E-state index in [-0.39, 0.29) is 5.82 Å². The minimum Gasteiger partial charge on any atom is -0.370 e. The number of aliphatic imine (C=N–C) groups is 1. The van der Waals surface area contributed by atoms with Gasteiger partial charge in [-0.3, -0.25) is 9.89 Å². The van der Waals surface area contributed by atoms with Crippen molar-refractivity contribution in [2.45, 2.75) is 0 Å². The highest BCUT2D eigenvalue weighted by molar-refractivity contribution is 5.78. The Hall–Kier alpha value is -2.94. The number of hydrogen-bond acceptors (Lipinski definition) is 6. The Balaban J connectivity index is 1.18. The van der Waals surface area contributed by atoms with Crippen LogP contribution in [-0.4, -0.2) is 91.2 Å². The molecule has 0 aliphatic carbocycles. The van der Waals surface area contributed by atoms with Crippen molar-refractivity contribution < 1.29 is 4.39 Å². The molecule has 0 saturated carbocycles. The fourth-order valence-electron chi connectivity index (χ4n) is 3.88. The Morgan fingerprint density at radius 2 is 1.53 bits per heavy atom. The predicted octanol–water partition coefficient (Wildman–Crippen LogP) is 0.875. The van der Waals surface area contributed by atoms with Crippen molar-refractivity contribution >= 4 is 17.6 Å². The SMILES string of the molecule is NC(=NCCN1CCN(c2ncccn2)CC1)N1CCN(c2ccc(F)cc2)CC1. The molecule has 0 radical (unpaired) electrons. The van der Waals surface area contributed by atoms with Crippen LogP contribution in [0.25, 0.3) is 0 Å². The molecule has 0 atom stereocenters. The third-order valence-corrected chi connectivity index (χ3v) is 5.69. The first-order valence-corrected chi connectivity index (χ1v) is 10.5. The molecule has 8 nitrogen and oxygen atoms in total. The molecule has 0 bridgehead atoms. The number of halogens is 1. The van der Waals surface area contributed by atoms with Gasteiger partial charge in [0.25, 0.3) is 0 Å². The highest BCUT2D eigenvalue weighted by atomic mass is 19.1. The van der Waals surface area contributed by atoms with Gasteiger partial charge in [0, 0.05) is 77.0 Å². The topological polar surface area (TPSA) is 77.1 Å². The van der Waals surface area contributed by atoms with Crippen molar-refractivity contribution in [1.29, 1.82) is 0 Å². The minimum atomic E-state index is -0.205. The monoisotopic (exact) mass is 412 g/mol. The summed E-state index contributed by atoms with van der Waals surface area (Å²) in [6.45, 7) is 8.75. The van der Waals surface area contributed by atoms with Crippen LogP contribution >= 0.6 is 0 Å². The first kappa shape index (κ1) is 20.3. The summed E-state index contributed by atoms with van der Waals surface area (Å²) in [5.41, 5.74) is 7.28. The van der Waals surface area contributed by atoms with Crippen LogP contribution in [0.4, 0.5) is 16.0 Å². The van der Waals surface area contributed by atoms with E-state index >= 15 is 0 Å². The van der Waals surface area contributed by atoms with E-state index in [0.29, 0.717) is 12.5 Å². The van der Waals surface area contributed by atoms with Crippen LogP contribution in [0, 0.1) is 5.82 Å². The van der Waals surface area contributed by atoms with Gasteiger partial charge in [0.1, 0.15) is 5.82 Å². The number of anilines is 2. The van der Waals surface area contributed by atoms with E-state index in [1.54, 1.807) is 12.4 Å². The lowest BCUT2D eigenvalue weighted by Crippen LogP contribution is -2.51. The van der Waals surface area contributed by atoms with Crippen LogP contribution in [0.2, 0.25) is 0 Å².